The highest BCUT2D eigenvalue weighted by molar-refractivity contribution is 7.18. The minimum atomic E-state index is -0.306. The normalized spacial score (nSPS) is 10.9. The lowest BCUT2D eigenvalue weighted by atomic mass is 10.3. The molecule has 0 saturated carbocycles. The van der Waals surface area contributed by atoms with Crippen molar-refractivity contribution in [3.63, 3.8) is 0 Å². The summed E-state index contributed by atoms with van der Waals surface area (Å²) in [7, 11) is 0. The zero-order valence-corrected chi connectivity index (χ0v) is 14.2. The van der Waals surface area contributed by atoms with Crippen molar-refractivity contribution in [1.29, 1.82) is 0 Å². The molecule has 0 spiro atoms. The molecular formula is C17H18N4O2S. The lowest BCUT2D eigenvalue weighted by Gasteiger charge is -2.06. The van der Waals surface area contributed by atoms with Gasteiger partial charge in [0, 0.05) is 12.6 Å². The van der Waals surface area contributed by atoms with Gasteiger partial charge >= 0.3 is 0 Å². The van der Waals surface area contributed by atoms with Crippen LogP contribution in [0, 0.1) is 0 Å². The van der Waals surface area contributed by atoms with Gasteiger partial charge in [0.05, 0.1) is 16.8 Å². The topological polar surface area (TPSA) is 76.9 Å². The third-order valence-corrected chi connectivity index (χ3v) is 4.60. The van der Waals surface area contributed by atoms with E-state index in [1.807, 2.05) is 31.2 Å². The molecule has 3 rings (SSSR count). The van der Waals surface area contributed by atoms with Crippen molar-refractivity contribution >= 4 is 27.5 Å². The van der Waals surface area contributed by atoms with Crippen LogP contribution in [0.3, 0.4) is 0 Å². The summed E-state index contributed by atoms with van der Waals surface area (Å²) in [4.78, 5) is 28.5. The number of thiazole rings is 1. The van der Waals surface area contributed by atoms with Crippen LogP contribution in [-0.4, -0.2) is 20.7 Å². The lowest BCUT2D eigenvalue weighted by molar-refractivity contribution is 0.0943. The van der Waals surface area contributed by atoms with Gasteiger partial charge in [0.25, 0.3) is 11.5 Å². The third kappa shape index (κ3) is 3.68. The van der Waals surface area contributed by atoms with Crippen LogP contribution in [0.15, 0.2) is 41.2 Å². The van der Waals surface area contributed by atoms with Gasteiger partial charge in [0.15, 0.2) is 0 Å². The van der Waals surface area contributed by atoms with Crippen LogP contribution in [0.25, 0.3) is 10.2 Å². The van der Waals surface area contributed by atoms with E-state index in [0.717, 1.165) is 28.1 Å². The Morgan fingerprint density at radius 1 is 1.25 bits per heavy atom. The number of fused-ring (bicyclic) bond motifs is 1. The van der Waals surface area contributed by atoms with Gasteiger partial charge < -0.3 is 5.32 Å². The van der Waals surface area contributed by atoms with Crippen LogP contribution >= 0.6 is 11.3 Å². The van der Waals surface area contributed by atoms with Gasteiger partial charge in [0.2, 0.25) is 0 Å². The summed E-state index contributed by atoms with van der Waals surface area (Å²) in [6.45, 7) is 2.90. The van der Waals surface area contributed by atoms with Crippen molar-refractivity contribution in [2.75, 3.05) is 0 Å². The van der Waals surface area contributed by atoms with E-state index >= 15 is 0 Å². The molecular weight excluding hydrogens is 324 g/mol. The summed E-state index contributed by atoms with van der Waals surface area (Å²) >= 11 is 1.55. The van der Waals surface area contributed by atoms with Gasteiger partial charge in [-0.3, -0.25) is 9.59 Å². The van der Waals surface area contributed by atoms with Gasteiger partial charge in [0.1, 0.15) is 10.7 Å². The number of carbonyl (C=O) groups is 1. The Morgan fingerprint density at radius 3 is 2.88 bits per heavy atom. The fraction of sp³-hybridized carbons (Fsp3) is 0.294. The first-order chi connectivity index (χ1) is 11.7. The van der Waals surface area contributed by atoms with Crippen LogP contribution in [0.1, 0.15) is 35.3 Å². The molecule has 0 atom stereocenters. The highest BCUT2D eigenvalue weighted by Crippen LogP contribution is 2.21. The van der Waals surface area contributed by atoms with E-state index in [4.69, 9.17) is 0 Å². The van der Waals surface area contributed by atoms with E-state index in [-0.39, 0.29) is 17.2 Å². The van der Waals surface area contributed by atoms with E-state index in [2.05, 4.69) is 15.4 Å². The van der Waals surface area contributed by atoms with Crippen molar-refractivity contribution in [3.05, 3.63) is 57.5 Å². The minimum absolute atomic E-state index is 0.189. The van der Waals surface area contributed by atoms with Crippen LogP contribution in [0.4, 0.5) is 0 Å². The number of rotatable bonds is 6. The maximum Gasteiger partial charge on any atom is 0.272 e. The molecule has 1 N–H and O–H groups in total. The Kier molecular flexibility index (Phi) is 5.00. The zero-order valence-electron chi connectivity index (χ0n) is 13.4. The first-order valence-corrected chi connectivity index (χ1v) is 8.70. The number of benzene rings is 1. The summed E-state index contributed by atoms with van der Waals surface area (Å²) in [6.07, 6.45) is 1.81. The molecule has 1 amide bonds. The average molecular weight is 342 g/mol. The zero-order chi connectivity index (χ0) is 16.9. The number of aromatic nitrogens is 3. The molecule has 2 aromatic heterocycles. The van der Waals surface area contributed by atoms with Crippen LogP contribution < -0.4 is 10.9 Å². The van der Waals surface area contributed by atoms with E-state index in [0.29, 0.717) is 13.1 Å². The maximum atomic E-state index is 12.3. The first-order valence-electron chi connectivity index (χ1n) is 7.88. The predicted octanol–water partition coefficient (Wildman–Crippen LogP) is 2.58. The second kappa shape index (κ2) is 7.35. The highest BCUT2D eigenvalue weighted by Gasteiger charge is 2.11. The molecule has 0 saturated heterocycles. The monoisotopic (exact) mass is 342 g/mol. The highest BCUT2D eigenvalue weighted by atomic mass is 32.1. The van der Waals surface area contributed by atoms with Gasteiger partial charge in [-0.15, -0.1) is 11.3 Å². The Labute approximate surface area is 143 Å². The van der Waals surface area contributed by atoms with E-state index in [1.165, 1.54) is 16.8 Å². The molecule has 2 heterocycles. The van der Waals surface area contributed by atoms with Crippen LogP contribution in [0.5, 0.6) is 0 Å². The number of hydrogen-bond donors (Lipinski definition) is 1. The molecule has 7 heteroatoms. The predicted molar refractivity (Wildman–Crippen MR) is 94.2 cm³/mol. The molecule has 0 aliphatic carbocycles. The molecule has 0 bridgehead atoms. The largest absolute Gasteiger partial charge is 0.344 e. The number of aryl methyl sites for hydroxylation is 1. The average Bonchev–Trinajstić information content (AvgIpc) is 3.02. The Bertz CT molecular complexity index is 883. The van der Waals surface area contributed by atoms with Gasteiger partial charge in [-0.1, -0.05) is 25.5 Å². The minimum Gasteiger partial charge on any atom is -0.344 e. The number of carbonyl (C=O) groups excluding carboxylic acids is 1. The molecule has 124 valence electrons. The molecule has 6 nitrogen and oxygen atoms in total. The molecule has 0 aliphatic heterocycles. The Balaban J connectivity index is 1.69. The first kappa shape index (κ1) is 16.3. The number of nitrogens with zero attached hydrogens (tertiary/aromatic N) is 3. The fourth-order valence-electron chi connectivity index (χ4n) is 2.28. The standard InChI is InChI=1S/C17H18N4O2S/c1-2-3-10-21-16(22)9-8-13(20-21)17(23)18-11-15-19-12-6-4-5-7-14(12)24-15/h4-9H,2-3,10-11H2,1H3,(H,18,23). The summed E-state index contributed by atoms with van der Waals surface area (Å²) in [5.74, 6) is -0.306. The van der Waals surface area contributed by atoms with Crippen LogP contribution in [0.2, 0.25) is 0 Å². The van der Waals surface area contributed by atoms with E-state index in [1.54, 1.807) is 11.3 Å². The Hall–Kier alpha value is -2.54. The number of para-hydroxylation sites is 1. The summed E-state index contributed by atoms with van der Waals surface area (Å²) in [5, 5.41) is 7.79. The lowest BCUT2D eigenvalue weighted by Crippen LogP contribution is -2.29. The van der Waals surface area contributed by atoms with Crippen molar-refractivity contribution < 1.29 is 4.79 Å². The molecule has 0 radical (unpaired) electrons. The smallest absolute Gasteiger partial charge is 0.272 e. The second-order valence-corrected chi connectivity index (χ2v) is 6.51. The maximum absolute atomic E-state index is 12.3. The number of nitrogens with one attached hydrogen (secondary N) is 1. The summed E-state index contributed by atoms with van der Waals surface area (Å²) < 4.78 is 2.43. The van der Waals surface area contributed by atoms with Crippen LogP contribution in [-0.2, 0) is 13.1 Å². The van der Waals surface area contributed by atoms with Gasteiger partial charge in [-0.05, 0) is 24.6 Å². The summed E-state index contributed by atoms with van der Waals surface area (Å²) in [5.41, 5.74) is 0.982. The van der Waals surface area contributed by atoms with Crippen molar-refractivity contribution in [2.45, 2.75) is 32.9 Å². The third-order valence-electron chi connectivity index (χ3n) is 3.56. The fourth-order valence-corrected chi connectivity index (χ4v) is 3.19. The van der Waals surface area contributed by atoms with Gasteiger partial charge in [-0.25, -0.2) is 9.67 Å². The molecule has 0 aliphatic rings. The van der Waals surface area contributed by atoms with E-state index < -0.39 is 0 Å². The van der Waals surface area contributed by atoms with Crippen molar-refractivity contribution in [2.24, 2.45) is 0 Å². The number of hydrogen-bond acceptors (Lipinski definition) is 5. The molecule has 0 unspecified atom stereocenters. The molecule has 3 aromatic rings. The van der Waals surface area contributed by atoms with Crippen molar-refractivity contribution in [3.8, 4) is 0 Å². The second-order valence-electron chi connectivity index (χ2n) is 5.39. The Morgan fingerprint density at radius 2 is 2.08 bits per heavy atom. The quantitative estimate of drug-likeness (QED) is 0.747. The van der Waals surface area contributed by atoms with Gasteiger partial charge in [-0.2, -0.15) is 5.10 Å². The molecule has 0 fully saturated rings. The number of amides is 1. The number of unbranched alkanes of at least 4 members (excludes halogenated alkanes) is 1. The molecule has 24 heavy (non-hydrogen) atoms. The van der Waals surface area contributed by atoms with Crippen molar-refractivity contribution in [1.82, 2.24) is 20.1 Å². The molecule has 1 aromatic carbocycles. The SMILES string of the molecule is CCCCn1nc(C(=O)NCc2nc3ccccc3s2)ccc1=O. The van der Waals surface area contributed by atoms with E-state index in [9.17, 15) is 9.59 Å². The summed E-state index contributed by atoms with van der Waals surface area (Å²) in [6, 6.07) is 10.7.